The summed E-state index contributed by atoms with van der Waals surface area (Å²) in [5.41, 5.74) is 4.88. The summed E-state index contributed by atoms with van der Waals surface area (Å²) < 4.78 is 0. The summed E-state index contributed by atoms with van der Waals surface area (Å²) in [5, 5.41) is 0.829. The third kappa shape index (κ3) is 2.76. The van der Waals surface area contributed by atoms with Gasteiger partial charge >= 0.3 is 0 Å². The first-order valence-corrected chi connectivity index (χ1v) is 7.09. The molecule has 0 fully saturated rings. The molecule has 0 aromatic heterocycles. The molecule has 3 aromatic rings. The molecule has 0 nitrogen and oxygen atoms in total. The Bertz CT molecular complexity index is 687. The van der Waals surface area contributed by atoms with Crippen molar-refractivity contribution < 1.29 is 0 Å². The van der Waals surface area contributed by atoms with Gasteiger partial charge < -0.3 is 0 Å². The van der Waals surface area contributed by atoms with Crippen LogP contribution in [0.1, 0.15) is 11.1 Å². The molecule has 98 valence electrons. The summed E-state index contributed by atoms with van der Waals surface area (Å²) in [6.45, 7) is 0. The molecule has 20 heavy (non-hydrogen) atoms. The van der Waals surface area contributed by atoms with Crippen molar-refractivity contribution in [1.29, 1.82) is 0 Å². The Morgan fingerprint density at radius 1 is 0.650 bits per heavy atom. The van der Waals surface area contributed by atoms with Crippen LogP contribution in [0.4, 0.5) is 0 Å². The molecule has 0 heterocycles. The number of hydrogen-bond donors (Lipinski definition) is 0. The topological polar surface area (TPSA) is 0 Å². The molecule has 0 N–H and O–H groups in total. The lowest BCUT2D eigenvalue weighted by atomic mass is 9.95. The molecular formula is C19H15Cl. The van der Waals surface area contributed by atoms with Gasteiger partial charge in [-0.2, -0.15) is 0 Å². The van der Waals surface area contributed by atoms with Gasteiger partial charge in [0.2, 0.25) is 0 Å². The molecule has 0 aliphatic rings. The highest BCUT2D eigenvalue weighted by Gasteiger charge is 2.09. The summed E-state index contributed by atoms with van der Waals surface area (Å²) in [4.78, 5) is 0. The molecule has 0 aliphatic heterocycles. The Kier molecular flexibility index (Phi) is 3.85. The van der Waals surface area contributed by atoms with E-state index in [0.717, 1.165) is 11.4 Å². The fourth-order valence-electron chi connectivity index (χ4n) is 2.43. The van der Waals surface area contributed by atoms with Gasteiger partial charge in [0, 0.05) is 5.02 Å². The van der Waals surface area contributed by atoms with Crippen LogP contribution in [0, 0.1) is 0 Å². The Balaban J connectivity index is 2.06. The van der Waals surface area contributed by atoms with Crippen LogP contribution >= 0.6 is 11.6 Å². The minimum Gasteiger partial charge on any atom is -0.0840 e. The second kappa shape index (κ2) is 5.94. The molecule has 0 spiro atoms. The molecule has 0 unspecified atom stereocenters. The van der Waals surface area contributed by atoms with Crippen LogP contribution in [0.2, 0.25) is 5.02 Å². The number of benzene rings is 3. The first kappa shape index (κ1) is 13.0. The average molecular weight is 279 g/mol. The minimum atomic E-state index is 0.829. The highest BCUT2D eigenvalue weighted by atomic mass is 35.5. The summed E-state index contributed by atoms with van der Waals surface area (Å²) in [5.74, 6) is 0. The van der Waals surface area contributed by atoms with E-state index in [1.165, 1.54) is 22.3 Å². The second-order valence-corrected chi connectivity index (χ2v) is 5.20. The zero-order valence-electron chi connectivity index (χ0n) is 11.1. The summed E-state index contributed by atoms with van der Waals surface area (Å²) in [6, 6.07) is 27.0. The smallest absolute Gasteiger partial charge is 0.0447 e. The van der Waals surface area contributed by atoms with Crippen molar-refractivity contribution >= 4 is 11.6 Å². The monoisotopic (exact) mass is 278 g/mol. The highest BCUT2D eigenvalue weighted by molar-refractivity contribution is 6.31. The molecule has 0 aliphatic carbocycles. The van der Waals surface area contributed by atoms with E-state index >= 15 is 0 Å². The standard InChI is InChI=1S/C19H15Cl/c20-19-13-7-12-17(16-10-5-2-6-11-16)18(19)14-15-8-3-1-4-9-15/h1-13H,14H2. The average Bonchev–Trinajstić information content (AvgIpc) is 2.51. The van der Waals surface area contributed by atoms with Gasteiger partial charge in [0.05, 0.1) is 0 Å². The van der Waals surface area contributed by atoms with E-state index < -0.39 is 0 Å². The molecule has 0 amide bonds. The molecule has 0 saturated carbocycles. The van der Waals surface area contributed by atoms with E-state index in [4.69, 9.17) is 11.6 Å². The van der Waals surface area contributed by atoms with Gasteiger partial charge in [-0.1, -0.05) is 84.4 Å². The maximum atomic E-state index is 6.43. The maximum absolute atomic E-state index is 6.43. The van der Waals surface area contributed by atoms with Crippen LogP contribution in [0.3, 0.4) is 0 Å². The van der Waals surface area contributed by atoms with Crippen molar-refractivity contribution in [2.24, 2.45) is 0 Å². The minimum absolute atomic E-state index is 0.829. The van der Waals surface area contributed by atoms with Crippen LogP contribution in [0.5, 0.6) is 0 Å². The molecule has 1 heteroatoms. The summed E-state index contributed by atoms with van der Waals surface area (Å²) in [7, 11) is 0. The molecule has 0 atom stereocenters. The highest BCUT2D eigenvalue weighted by Crippen LogP contribution is 2.30. The third-order valence-electron chi connectivity index (χ3n) is 3.43. The van der Waals surface area contributed by atoms with Gasteiger partial charge in [0.1, 0.15) is 0 Å². The molecule has 0 saturated heterocycles. The van der Waals surface area contributed by atoms with Gasteiger partial charge in [0.15, 0.2) is 0 Å². The first-order chi connectivity index (χ1) is 9.84. The lowest BCUT2D eigenvalue weighted by Crippen LogP contribution is -1.93. The largest absolute Gasteiger partial charge is 0.0840 e. The fraction of sp³-hybridized carbons (Fsp3) is 0.0526. The van der Waals surface area contributed by atoms with Crippen LogP contribution in [-0.4, -0.2) is 0 Å². The predicted molar refractivity (Wildman–Crippen MR) is 86.1 cm³/mol. The Morgan fingerprint density at radius 3 is 2.00 bits per heavy atom. The summed E-state index contributed by atoms with van der Waals surface area (Å²) in [6.07, 6.45) is 0.852. The maximum Gasteiger partial charge on any atom is 0.0447 e. The zero-order valence-corrected chi connectivity index (χ0v) is 11.8. The van der Waals surface area contributed by atoms with E-state index in [-0.39, 0.29) is 0 Å². The van der Waals surface area contributed by atoms with Crippen molar-refractivity contribution in [3.05, 3.63) is 95.0 Å². The number of rotatable bonds is 3. The molecule has 3 aromatic carbocycles. The van der Waals surface area contributed by atoms with Gasteiger partial charge in [-0.25, -0.2) is 0 Å². The molecule has 3 rings (SSSR count). The Morgan fingerprint density at radius 2 is 1.30 bits per heavy atom. The zero-order chi connectivity index (χ0) is 13.8. The Hall–Kier alpha value is -2.05. The quantitative estimate of drug-likeness (QED) is 0.585. The van der Waals surface area contributed by atoms with Crippen LogP contribution in [0.25, 0.3) is 11.1 Å². The van der Waals surface area contributed by atoms with Gasteiger partial charge in [-0.3, -0.25) is 0 Å². The van der Waals surface area contributed by atoms with Crippen molar-refractivity contribution in [3.8, 4) is 11.1 Å². The van der Waals surface area contributed by atoms with Gasteiger partial charge in [-0.15, -0.1) is 0 Å². The molecule has 0 radical (unpaired) electrons. The van der Waals surface area contributed by atoms with E-state index in [1.807, 2.05) is 24.3 Å². The van der Waals surface area contributed by atoms with Crippen molar-refractivity contribution in [1.82, 2.24) is 0 Å². The number of hydrogen-bond acceptors (Lipinski definition) is 0. The molecule has 0 bridgehead atoms. The lowest BCUT2D eigenvalue weighted by molar-refractivity contribution is 1.19. The normalized spacial score (nSPS) is 10.4. The van der Waals surface area contributed by atoms with Crippen molar-refractivity contribution in [2.45, 2.75) is 6.42 Å². The van der Waals surface area contributed by atoms with E-state index in [1.54, 1.807) is 0 Å². The molecular weight excluding hydrogens is 264 g/mol. The lowest BCUT2D eigenvalue weighted by Gasteiger charge is -2.12. The van der Waals surface area contributed by atoms with Crippen LogP contribution in [0.15, 0.2) is 78.9 Å². The first-order valence-electron chi connectivity index (χ1n) is 6.71. The van der Waals surface area contributed by atoms with Crippen molar-refractivity contribution in [2.75, 3.05) is 0 Å². The van der Waals surface area contributed by atoms with Crippen molar-refractivity contribution in [3.63, 3.8) is 0 Å². The van der Waals surface area contributed by atoms with E-state index in [9.17, 15) is 0 Å². The van der Waals surface area contributed by atoms with E-state index in [0.29, 0.717) is 0 Å². The fourth-order valence-corrected chi connectivity index (χ4v) is 2.67. The van der Waals surface area contributed by atoms with E-state index in [2.05, 4.69) is 54.6 Å². The predicted octanol–water partition coefficient (Wildman–Crippen LogP) is 5.60. The second-order valence-electron chi connectivity index (χ2n) is 4.79. The third-order valence-corrected chi connectivity index (χ3v) is 3.78. The summed E-state index contributed by atoms with van der Waals surface area (Å²) >= 11 is 6.43. The Labute approximate surface area is 124 Å². The number of halogens is 1. The van der Waals surface area contributed by atoms with Gasteiger partial charge in [-0.05, 0) is 34.7 Å². The van der Waals surface area contributed by atoms with Gasteiger partial charge in [0.25, 0.3) is 0 Å². The SMILES string of the molecule is Clc1cccc(-c2ccccc2)c1Cc1ccccc1. The van der Waals surface area contributed by atoms with Crippen LogP contribution in [-0.2, 0) is 6.42 Å². The van der Waals surface area contributed by atoms with Crippen LogP contribution < -0.4 is 0 Å².